The Morgan fingerprint density at radius 1 is 1.42 bits per heavy atom. The number of rotatable bonds is 7. The minimum absolute atomic E-state index is 0.123. The average molecular weight is 286 g/mol. The molecule has 1 aromatic carbocycles. The number of anilines is 1. The lowest BCUT2D eigenvalue weighted by Gasteiger charge is -2.12. The Balaban J connectivity index is 2.67. The fourth-order valence-electron chi connectivity index (χ4n) is 1.86. The summed E-state index contributed by atoms with van der Waals surface area (Å²) in [4.78, 5) is 0.158. The van der Waals surface area contributed by atoms with Crippen LogP contribution >= 0.6 is 0 Å². The number of sulfonamides is 1. The van der Waals surface area contributed by atoms with Crippen molar-refractivity contribution >= 4 is 15.7 Å². The van der Waals surface area contributed by atoms with Crippen LogP contribution in [0.25, 0.3) is 0 Å². The average Bonchev–Trinajstić information content (AvgIpc) is 2.33. The summed E-state index contributed by atoms with van der Waals surface area (Å²) in [5.41, 5.74) is 6.63. The van der Waals surface area contributed by atoms with Gasteiger partial charge in [-0.1, -0.05) is 19.1 Å². The molecule has 0 aliphatic heterocycles. The van der Waals surface area contributed by atoms with Crippen molar-refractivity contribution in [3.8, 4) is 0 Å². The molecule has 0 spiro atoms. The molecule has 6 heteroatoms. The molecule has 1 unspecified atom stereocenters. The van der Waals surface area contributed by atoms with Crippen molar-refractivity contribution in [1.82, 2.24) is 4.72 Å². The van der Waals surface area contributed by atoms with Crippen LogP contribution in [0.5, 0.6) is 0 Å². The quantitative estimate of drug-likeness (QED) is 0.520. The number of aliphatic hydroxyl groups excluding tert-OH is 1. The zero-order valence-corrected chi connectivity index (χ0v) is 12.2. The van der Waals surface area contributed by atoms with E-state index in [-0.39, 0.29) is 23.1 Å². The second-order valence-electron chi connectivity index (χ2n) is 4.82. The SMILES string of the molecule is Cc1cccc(N)c1S(=O)(=O)NCCCC(C)CO. The van der Waals surface area contributed by atoms with Gasteiger partial charge in [0.05, 0.1) is 5.69 Å². The smallest absolute Gasteiger partial charge is 0.242 e. The van der Waals surface area contributed by atoms with Crippen molar-refractivity contribution in [3.05, 3.63) is 23.8 Å². The van der Waals surface area contributed by atoms with E-state index in [9.17, 15) is 8.42 Å². The Bertz CT molecular complexity index is 494. The first-order valence-corrected chi connectivity index (χ1v) is 7.82. The number of nitrogen functional groups attached to an aromatic ring is 1. The van der Waals surface area contributed by atoms with Gasteiger partial charge >= 0.3 is 0 Å². The summed E-state index contributed by atoms with van der Waals surface area (Å²) in [6.45, 7) is 4.12. The highest BCUT2D eigenvalue weighted by Gasteiger charge is 2.19. The van der Waals surface area contributed by atoms with Crippen LogP contribution in [0.2, 0.25) is 0 Å². The standard InChI is InChI=1S/C13H22N2O3S/c1-10(9-16)5-4-8-15-19(17,18)13-11(2)6-3-7-12(13)14/h3,6-7,10,15-16H,4-5,8-9,14H2,1-2H3. The summed E-state index contributed by atoms with van der Waals surface area (Å²) in [5.74, 6) is 0.188. The van der Waals surface area contributed by atoms with E-state index < -0.39 is 10.0 Å². The molecule has 0 radical (unpaired) electrons. The molecule has 1 atom stereocenters. The minimum atomic E-state index is -3.56. The Hall–Kier alpha value is -1.11. The topological polar surface area (TPSA) is 92.4 Å². The van der Waals surface area contributed by atoms with E-state index in [1.54, 1.807) is 25.1 Å². The number of hydrogen-bond donors (Lipinski definition) is 3. The van der Waals surface area contributed by atoms with Gasteiger partial charge in [0.2, 0.25) is 10.0 Å². The Kier molecular flexibility index (Phi) is 5.78. The largest absolute Gasteiger partial charge is 0.398 e. The van der Waals surface area contributed by atoms with Crippen LogP contribution in [-0.2, 0) is 10.0 Å². The lowest BCUT2D eigenvalue weighted by Crippen LogP contribution is -2.26. The van der Waals surface area contributed by atoms with Crippen LogP contribution < -0.4 is 10.5 Å². The summed E-state index contributed by atoms with van der Waals surface area (Å²) < 4.78 is 26.8. The summed E-state index contributed by atoms with van der Waals surface area (Å²) in [5, 5.41) is 8.89. The molecule has 108 valence electrons. The lowest BCUT2D eigenvalue weighted by atomic mass is 10.1. The van der Waals surface area contributed by atoms with Crippen molar-refractivity contribution < 1.29 is 13.5 Å². The Labute approximate surface area is 114 Å². The van der Waals surface area contributed by atoms with Crippen LogP contribution in [-0.4, -0.2) is 26.7 Å². The van der Waals surface area contributed by atoms with Crippen LogP contribution in [0.1, 0.15) is 25.3 Å². The van der Waals surface area contributed by atoms with Crippen molar-refractivity contribution in [2.75, 3.05) is 18.9 Å². The number of hydrogen-bond acceptors (Lipinski definition) is 4. The van der Waals surface area contributed by atoms with Crippen LogP contribution in [0.15, 0.2) is 23.1 Å². The van der Waals surface area contributed by atoms with Crippen LogP contribution in [0, 0.1) is 12.8 Å². The number of aliphatic hydroxyl groups is 1. The Morgan fingerprint density at radius 2 is 2.11 bits per heavy atom. The second-order valence-corrected chi connectivity index (χ2v) is 6.52. The summed E-state index contributed by atoms with van der Waals surface area (Å²) >= 11 is 0. The van der Waals surface area contributed by atoms with Gasteiger partial charge < -0.3 is 10.8 Å². The maximum absolute atomic E-state index is 12.1. The van der Waals surface area contributed by atoms with Gasteiger partial charge in [-0.05, 0) is 37.3 Å². The third-order valence-corrected chi connectivity index (χ3v) is 4.67. The zero-order valence-electron chi connectivity index (χ0n) is 11.4. The second kappa shape index (κ2) is 6.88. The molecule has 0 heterocycles. The molecular formula is C13H22N2O3S. The highest BCUT2D eigenvalue weighted by atomic mass is 32.2. The fraction of sp³-hybridized carbons (Fsp3) is 0.538. The van der Waals surface area contributed by atoms with E-state index in [2.05, 4.69) is 4.72 Å². The van der Waals surface area contributed by atoms with Gasteiger partial charge in [0.1, 0.15) is 4.90 Å². The van der Waals surface area contributed by atoms with Crippen molar-refractivity contribution in [2.24, 2.45) is 5.92 Å². The van der Waals surface area contributed by atoms with E-state index in [1.807, 2.05) is 6.92 Å². The van der Waals surface area contributed by atoms with Gasteiger partial charge in [-0.2, -0.15) is 0 Å². The fourth-order valence-corrected chi connectivity index (χ4v) is 3.29. The van der Waals surface area contributed by atoms with E-state index in [4.69, 9.17) is 10.8 Å². The maximum Gasteiger partial charge on any atom is 0.242 e. The van der Waals surface area contributed by atoms with Gasteiger partial charge in [-0.25, -0.2) is 13.1 Å². The molecule has 0 bridgehead atoms. The number of benzene rings is 1. The molecule has 5 nitrogen and oxygen atoms in total. The summed E-state index contributed by atoms with van der Waals surface area (Å²) in [6, 6.07) is 5.03. The first kappa shape index (κ1) is 15.9. The first-order chi connectivity index (χ1) is 8.88. The molecule has 0 fully saturated rings. The highest BCUT2D eigenvalue weighted by Crippen LogP contribution is 2.21. The normalized spacial score (nSPS) is 13.4. The number of nitrogens with two attached hydrogens (primary N) is 1. The lowest BCUT2D eigenvalue weighted by molar-refractivity contribution is 0.228. The zero-order chi connectivity index (χ0) is 14.5. The Morgan fingerprint density at radius 3 is 2.68 bits per heavy atom. The van der Waals surface area contributed by atoms with Gasteiger partial charge in [0.15, 0.2) is 0 Å². The summed E-state index contributed by atoms with van der Waals surface area (Å²) in [6.07, 6.45) is 1.47. The molecule has 0 aliphatic carbocycles. The minimum Gasteiger partial charge on any atom is -0.398 e. The predicted octanol–water partition coefficient (Wildman–Crippen LogP) is 1.26. The van der Waals surface area contributed by atoms with Gasteiger partial charge in [0, 0.05) is 13.2 Å². The molecule has 0 aliphatic rings. The van der Waals surface area contributed by atoms with Crippen molar-refractivity contribution in [3.63, 3.8) is 0 Å². The monoisotopic (exact) mass is 286 g/mol. The van der Waals surface area contributed by atoms with Crippen molar-refractivity contribution in [2.45, 2.75) is 31.6 Å². The van der Waals surface area contributed by atoms with Crippen LogP contribution in [0.4, 0.5) is 5.69 Å². The molecule has 1 rings (SSSR count). The third kappa shape index (κ3) is 4.49. The highest BCUT2D eigenvalue weighted by molar-refractivity contribution is 7.89. The maximum atomic E-state index is 12.1. The molecule has 0 saturated heterocycles. The van der Waals surface area contributed by atoms with Gasteiger partial charge in [0.25, 0.3) is 0 Å². The molecule has 4 N–H and O–H groups in total. The van der Waals surface area contributed by atoms with E-state index in [0.29, 0.717) is 18.5 Å². The molecular weight excluding hydrogens is 264 g/mol. The van der Waals surface area contributed by atoms with Gasteiger partial charge in [-0.15, -0.1) is 0 Å². The molecule has 0 aromatic heterocycles. The van der Waals surface area contributed by atoms with E-state index in [0.717, 1.165) is 6.42 Å². The van der Waals surface area contributed by atoms with Crippen molar-refractivity contribution in [1.29, 1.82) is 0 Å². The molecule has 0 amide bonds. The molecule has 19 heavy (non-hydrogen) atoms. The molecule has 0 saturated carbocycles. The number of aryl methyl sites for hydroxylation is 1. The summed E-state index contributed by atoms with van der Waals surface area (Å²) in [7, 11) is -3.56. The third-order valence-electron chi connectivity index (χ3n) is 2.99. The predicted molar refractivity (Wildman–Crippen MR) is 76.3 cm³/mol. The molecule has 1 aromatic rings. The van der Waals surface area contributed by atoms with E-state index in [1.165, 1.54) is 0 Å². The number of nitrogens with one attached hydrogen (secondary N) is 1. The van der Waals surface area contributed by atoms with E-state index >= 15 is 0 Å². The van der Waals surface area contributed by atoms with Gasteiger partial charge in [-0.3, -0.25) is 0 Å². The first-order valence-electron chi connectivity index (χ1n) is 6.34. The van der Waals surface area contributed by atoms with Crippen LogP contribution in [0.3, 0.4) is 0 Å².